The molecule has 0 atom stereocenters. The fourth-order valence-electron chi connectivity index (χ4n) is 1.94. The predicted molar refractivity (Wildman–Crippen MR) is 82.1 cm³/mol. The summed E-state index contributed by atoms with van der Waals surface area (Å²) in [7, 11) is 0. The third kappa shape index (κ3) is 2.64. The summed E-state index contributed by atoms with van der Waals surface area (Å²) in [5, 5.41) is 8.85. The van der Waals surface area contributed by atoms with Crippen molar-refractivity contribution in [2.45, 2.75) is 0 Å². The number of fused-ring (bicyclic) bond motifs is 1. The first-order valence-corrected chi connectivity index (χ1v) is 6.54. The van der Waals surface area contributed by atoms with E-state index in [0.717, 1.165) is 5.39 Å². The van der Waals surface area contributed by atoms with Crippen LogP contribution in [0.15, 0.2) is 48.8 Å². The number of nitrogens with zero attached hydrogens (tertiary/aromatic N) is 2. The minimum Gasteiger partial charge on any atom is -0.437 e. The van der Waals surface area contributed by atoms with E-state index in [1.54, 1.807) is 30.5 Å². The second kappa shape index (κ2) is 5.38. The van der Waals surface area contributed by atoms with Crippen molar-refractivity contribution < 1.29 is 4.74 Å². The summed E-state index contributed by atoms with van der Waals surface area (Å²) in [5.74, 6) is 0.849. The molecule has 0 amide bonds. The summed E-state index contributed by atoms with van der Waals surface area (Å²) in [6.45, 7) is 0. The maximum Gasteiger partial charge on any atom is 0.220 e. The molecule has 3 aromatic rings. The Morgan fingerprint density at radius 3 is 2.81 bits per heavy atom. The van der Waals surface area contributed by atoms with Gasteiger partial charge >= 0.3 is 0 Å². The minimum atomic E-state index is -0.0404. The highest BCUT2D eigenvalue weighted by Gasteiger charge is 2.09. The standard InChI is InChI=1S/C15H11ClN4O/c16-11-3-4-12(14-10(11)2-1-6-20-14)21-13-8-9(15(17)18)5-7-19-13/h1-8H,(H3,17,18). The zero-order valence-electron chi connectivity index (χ0n) is 10.9. The number of hydrogen-bond donors (Lipinski definition) is 2. The van der Waals surface area contributed by atoms with Crippen LogP contribution in [0.5, 0.6) is 11.6 Å². The number of nitrogens with one attached hydrogen (secondary N) is 1. The van der Waals surface area contributed by atoms with Gasteiger partial charge in [-0.05, 0) is 30.3 Å². The fourth-order valence-corrected chi connectivity index (χ4v) is 2.16. The van der Waals surface area contributed by atoms with Crippen LogP contribution in [0.3, 0.4) is 0 Å². The van der Waals surface area contributed by atoms with Crippen molar-refractivity contribution >= 4 is 28.3 Å². The van der Waals surface area contributed by atoms with E-state index >= 15 is 0 Å². The first kappa shape index (κ1) is 13.3. The van der Waals surface area contributed by atoms with Crippen LogP contribution >= 0.6 is 11.6 Å². The van der Waals surface area contributed by atoms with E-state index in [1.165, 1.54) is 6.20 Å². The van der Waals surface area contributed by atoms with E-state index in [2.05, 4.69) is 9.97 Å². The molecule has 3 rings (SSSR count). The van der Waals surface area contributed by atoms with E-state index < -0.39 is 0 Å². The van der Waals surface area contributed by atoms with Crippen molar-refractivity contribution in [3.8, 4) is 11.6 Å². The summed E-state index contributed by atoms with van der Waals surface area (Å²) < 4.78 is 5.75. The third-order valence-corrected chi connectivity index (χ3v) is 3.27. The first-order valence-electron chi connectivity index (χ1n) is 6.16. The number of aromatic nitrogens is 2. The third-order valence-electron chi connectivity index (χ3n) is 2.94. The molecule has 5 nitrogen and oxygen atoms in total. The molecule has 0 radical (unpaired) electrons. The predicted octanol–water partition coefficient (Wildman–Crippen LogP) is 3.36. The molecule has 0 bridgehead atoms. The van der Waals surface area contributed by atoms with Crippen molar-refractivity contribution in [2.75, 3.05) is 0 Å². The van der Waals surface area contributed by atoms with Gasteiger partial charge in [-0.25, -0.2) is 4.98 Å². The zero-order valence-corrected chi connectivity index (χ0v) is 11.6. The summed E-state index contributed by atoms with van der Waals surface area (Å²) in [6, 6.07) is 10.4. The average Bonchev–Trinajstić information content (AvgIpc) is 2.51. The molecule has 6 heteroatoms. The molecule has 0 saturated carbocycles. The Labute approximate surface area is 125 Å². The van der Waals surface area contributed by atoms with Crippen LogP contribution in [-0.2, 0) is 0 Å². The van der Waals surface area contributed by atoms with Gasteiger partial charge in [0.25, 0.3) is 0 Å². The van der Waals surface area contributed by atoms with Gasteiger partial charge in [-0.15, -0.1) is 0 Å². The van der Waals surface area contributed by atoms with Gasteiger partial charge in [0.05, 0.1) is 5.02 Å². The van der Waals surface area contributed by atoms with Crippen molar-refractivity contribution in [3.05, 3.63) is 59.4 Å². The fraction of sp³-hybridized carbons (Fsp3) is 0. The number of nitrogens with two attached hydrogens (primary N) is 1. The van der Waals surface area contributed by atoms with Crippen LogP contribution in [-0.4, -0.2) is 15.8 Å². The first-order chi connectivity index (χ1) is 10.1. The number of rotatable bonds is 3. The molecule has 21 heavy (non-hydrogen) atoms. The van der Waals surface area contributed by atoms with Crippen LogP contribution in [0.2, 0.25) is 5.02 Å². The summed E-state index contributed by atoms with van der Waals surface area (Å²) in [5.41, 5.74) is 6.66. The molecule has 0 aliphatic heterocycles. The number of pyridine rings is 2. The van der Waals surface area contributed by atoms with Gasteiger partial charge in [0, 0.05) is 29.4 Å². The monoisotopic (exact) mass is 298 g/mol. The summed E-state index contributed by atoms with van der Waals surface area (Å²) in [6.07, 6.45) is 3.21. The maximum atomic E-state index is 7.44. The van der Waals surface area contributed by atoms with Gasteiger partial charge in [-0.3, -0.25) is 10.4 Å². The van der Waals surface area contributed by atoms with Gasteiger partial charge in [-0.2, -0.15) is 0 Å². The highest BCUT2D eigenvalue weighted by Crippen LogP contribution is 2.32. The quantitative estimate of drug-likeness (QED) is 0.573. The largest absolute Gasteiger partial charge is 0.437 e. The Bertz CT molecular complexity index is 835. The Morgan fingerprint density at radius 1 is 1.14 bits per heavy atom. The van der Waals surface area contributed by atoms with Crippen LogP contribution < -0.4 is 10.5 Å². The number of amidine groups is 1. The van der Waals surface area contributed by atoms with Crippen molar-refractivity contribution in [1.82, 2.24) is 9.97 Å². The lowest BCUT2D eigenvalue weighted by atomic mass is 10.2. The van der Waals surface area contributed by atoms with Crippen LogP contribution in [0, 0.1) is 5.41 Å². The van der Waals surface area contributed by atoms with E-state index in [1.807, 2.05) is 12.1 Å². The molecule has 0 saturated heterocycles. The number of nitrogen functional groups attached to an aromatic ring is 1. The Morgan fingerprint density at radius 2 is 2.00 bits per heavy atom. The smallest absolute Gasteiger partial charge is 0.220 e. The molecular formula is C15H11ClN4O. The molecule has 0 unspecified atom stereocenters. The molecule has 0 aliphatic carbocycles. The van der Waals surface area contributed by atoms with Gasteiger partial charge in [0.1, 0.15) is 11.4 Å². The number of halogens is 1. The molecule has 0 spiro atoms. The van der Waals surface area contributed by atoms with Gasteiger partial charge in [0.2, 0.25) is 5.88 Å². The molecule has 104 valence electrons. The summed E-state index contributed by atoms with van der Waals surface area (Å²) >= 11 is 6.14. The molecule has 3 N–H and O–H groups in total. The van der Waals surface area contributed by atoms with Gasteiger partial charge < -0.3 is 10.5 Å². The van der Waals surface area contributed by atoms with E-state index in [0.29, 0.717) is 27.7 Å². The number of ether oxygens (including phenoxy) is 1. The number of hydrogen-bond acceptors (Lipinski definition) is 4. The lowest BCUT2D eigenvalue weighted by Gasteiger charge is -2.09. The maximum absolute atomic E-state index is 7.44. The normalized spacial score (nSPS) is 10.5. The van der Waals surface area contributed by atoms with Crippen LogP contribution in [0.1, 0.15) is 5.56 Å². The average molecular weight is 299 g/mol. The highest BCUT2D eigenvalue weighted by atomic mass is 35.5. The Balaban J connectivity index is 2.04. The number of benzene rings is 1. The minimum absolute atomic E-state index is 0.0404. The highest BCUT2D eigenvalue weighted by molar-refractivity contribution is 6.35. The zero-order chi connectivity index (χ0) is 14.8. The lowest BCUT2D eigenvalue weighted by molar-refractivity contribution is 0.467. The molecule has 0 fully saturated rings. The van der Waals surface area contributed by atoms with Gasteiger partial charge in [-0.1, -0.05) is 11.6 Å². The summed E-state index contributed by atoms with van der Waals surface area (Å²) in [4.78, 5) is 8.40. The molecule has 0 aliphatic rings. The van der Waals surface area contributed by atoms with E-state index in [9.17, 15) is 0 Å². The van der Waals surface area contributed by atoms with E-state index in [-0.39, 0.29) is 5.84 Å². The second-order valence-electron chi connectivity index (χ2n) is 4.34. The van der Waals surface area contributed by atoms with Crippen LogP contribution in [0.25, 0.3) is 10.9 Å². The molecule has 2 aromatic heterocycles. The van der Waals surface area contributed by atoms with Crippen LogP contribution in [0.4, 0.5) is 0 Å². The topological polar surface area (TPSA) is 84.9 Å². The molecular weight excluding hydrogens is 288 g/mol. The van der Waals surface area contributed by atoms with Crippen molar-refractivity contribution in [2.24, 2.45) is 5.73 Å². The Hall–Kier alpha value is -2.66. The molecule has 1 aromatic carbocycles. The van der Waals surface area contributed by atoms with E-state index in [4.69, 9.17) is 27.5 Å². The van der Waals surface area contributed by atoms with Crippen molar-refractivity contribution in [3.63, 3.8) is 0 Å². The Kier molecular flexibility index (Phi) is 3.41. The molecule has 2 heterocycles. The SMILES string of the molecule is N=C(N)c1ccnc(Oc2ccc(Cl)c3cccnc23)c1. The van der Waals surface area contributed by atoms with Gasteiger partial charge in [0.15, 0.2) is 5.75 Å². The second-order valence-corrected chi connectivity index (χ2v) is 4.75. The lowest BCUT2D eigenvalue weighted by Crippen LogP contribution is -2.11. The van der Waals surface area contributed by atoms with Crippen molar-refractivity contribution in [1.29, 1.82) is 5.41 Å².